The number of nitrogens with zero attached hydrogens (tertiary/aromatic N) is 2. The summed E-state index contributed by atoms with van der Waals surface area (Å²) in [6, 6.07) is 16.1. The van der Waals surface area contributed by atoms with Crippen molar-refractivity contribution in [2.45, 2.75) is 32.0 Å². The van der Waals surface area contributed by atoms with Gasteiger partial charge in [-0.05, 0) is 16.7 Å². The number of amides is 1. The Morgan fingerprint density at radius 1 is 1.22 bits per heavy atom. The van der Waals surface area contributed by atoms with Gasteiger partial charge in [-0.2, -0.15) is 0 Å². The van der Waals surface area contributed by atoms with Gasteiger partial charge in [0.05, 0.1) is 30.7 Å². The number of nitrogens with two attached hydrogens (primary N) is 1. The first-order valence-electron chi connectivity index (χ1n) is 9.00. The van der Waals surface area contributed by atoms with Crippen LogP contribution in [0.3, 0.4) is 0 Å². The lowest BCUT2D eigenvalue weighted by molar-refractivity contribution is -0.117. The second-order valence-electron chi connectivity index (χ2n) is 6.89. The summed E-state index contributed by atoms with van der Waals surface area (Å²) in [5, 5.41) is 13.0. The minimum atomic E-state index is -0.553. The van der Waals surface area contributed by atoms with E-state index in [4.69, 9.17) is 5.73 Å². The first kappa shape index (κ1) is 17.3. The molecule has 27 heavy (non-hydrogen) atoms. The average Bonchev–Trinajstić information content (AvgIpc) is 3.20. The van der Waals surface area contributed by atoms with E-state index < -0.39 is 6.23 Å². The number of imidazole rings is 1. The van der Waals surface area contributed by atoms with Gasteiger partial charge in [-0.25, -0.2) is 4.98 Å². The third kappa shape index (κ3) is 3.71. The molecule has 6 nitrogen and oxygen atoms in total. The van der Waals surface area contributed by atoms with Gasteiger partial charge in [-0.1, -0.05) is 48.5 Å². The molecule has 1 atom stereocenters. The molecule has 0 aliphatic carbocycles. The van der Waals surface area contributed by atoms with Crippen molar-refractivity contribution in [2.24, 2.45) is 5.73 Å². The predicted octanol–water partition coefficient (Wildman–Crippen LogP) is 1.84. The molecular weight excluding hydrogens is 340 g/mol. The molecule has 1 aromatic heterocycles. The number of fused-ring (bicyclic) bond motifs is 1. The minimum absolute atomic E-state index is 0.146. The average molecular weight is 362 g/mol. The van der Waals surface area contributed by atoms with E-state index in [1.54, 1.807) is 6.33 Å². The lowest BCUT2D eigenvalue weighted by atomic mass is 10.1. The maximum atomic E-state index is 11.6. The summed E-state index contributed by atoms with van der Waals surface area (Å²) in [6.45, 7) is 0.563. The van der Waals surface area contributed by atoms with Gasteiger partial charge in [0.25, 0.3) is 0 Å². The Hall–Kier alpha value is -3.12. The number of hydrogen-bond donors (Lipinski definition) is 3. The molecule has 0 bridgehead atoms. The van der Waals surface area contributed by atoms with E-state index in [-0.39, 0.29) is 12.3 Å². The topological polar surface area (TPSA) is 93.2 Å². The summed E-state index contributed by atoms with van der Waals surface area (Å²) in [5.74, 6) is -0.377. The first-order chi connectivity index (χ1) is 13.1. The molecule has 1 aliphatic heterocycles. The number of nitrogens with one attached hydrogen (secondary N) is 1. The summed E-state index contributed by atoms with van der Waals surface area (Å²) in [5.41, 5.74) is 11.4. The molecule has 0 fully saturated rings. The van der Waals surface area contributed by atoms with Crippen molar-refractivity contribution in [3.8, 4) is 0 Å². The lowest BCUT2D eigenvalue weighted by Gasteiger charge is -2.13. The molecule has 1 aliphatic rings. The van der Waals surface area contributed by atoms with Crippen LogP contribution in [-0.2, 0) is 30.6 Å². The molecule has 0 spiro atoms. The zero-order valence-electron chi connectivity index (χ0n) is 14.9. The molecule has 4 rings (SSSR count). The van der Waals surface area contributed by atoms with Crippen LogP contribution in [0.15, 0.2) is 54.9 Å². The summed E-state index contributed by atoms with van der Waals surface area (Å²) in [7, 11) is 0. The Bertz CT molecular complexity index is 966. The van der Waals surface area contributed by atoms with Crippen LogP contribution in [0.5, 0.6) is 0 Å². The number of aliphatic hydroxyl groups excluding tert-OH is 1. The predicted molar refractivity (Wildman–Crippen MR) is 103 cm³/mol. The fourth-order valence-electron chi connectivity index (χ4n) is 3.64. The van der Waals surface area contributed by atoms with Crippen LogP contribution in [0.2, 0.25) is 0 Å². The molecule has 0 radical (unpaired) electrons. The molecule has 2 heterocycles. The Morgan fingerprint density at radius 3 is 2.81 bits per heavy atom. The number of para-hydroxylation sites is 1. The number of aromatic nitrogens is 2. The Kier molecular flexibility index (Phi) is 4.64. The van der Waals surface area contributed by atoms with Gasteiger partial charge in [-0.15, -0.1) is 0 Å². The van der Waals surface area contributed by atoms with Gasteiger partial charge in [0.1, 0.15) is 6.23 Å². The fourth-order valence-corrected chi connectivity index (χ4v) is 3.64. The summed E-state index contributed by atoms with van der Waals surface area (Å²) >= 11 is 0. The molecule has 0 saturated heterocycles. The van der Waals surface area contributed by atoms with Crippen LogP contribution in [0.4, 0.5) is 5.69 Å². The summed E-state index contributed by atoms with van der Waals surface area (Å²) in [6.07, 6.45) is 2.61. The summed E-state index contributed by atoms with van der Waals surface area (Å²) in [4.78, 5) is 16.2. The van der Waals surface area contributed by atoms with Crippen molar-refractivity contribution in [1.29, 1.82) is 0 Å². The van der Waals surface area contributed by atoms with Gasteiger partial charge >= 0.3 is 0 Å². The number of primary amides is 1. The van der Waals surface area contributed by atoms with Crippen LogP contribution < -0.4 is 11.1 Å². The molecule has 1 amide bonds. The van der Waals surface area contributed by atoms with E-state index >= 15 is 0 Å². The molecular formula is C21H22N4O2. The molecule has 1 unspecified atom stereocenters. The number of benzene rings is 2. The van der Waals surface area contributed by atoms with Gasteiger partial charge in [0.15, 0.2) is 0 Å². The van der Waals surface area contributed by atoms with E-state index in [0.29, 0.717) is 19.4 Å². The van der Waals surface area contributed by atoms with Crippen molar-refractivity contribution < 1.29 is 9.90 Å². The third-order valence-electron chi connectivity index (χ3n) is 4.89. The maximum absolute atomic E-state index is 11.6. The lowest BCUT2D eigenvalue weighted by Crippen LogP contribution is -2.18. The van der Waals surface area contributed by atoms with Crippen LogP contribution in [0.25, 0.3) is 0 Å². The highest BCUT2D eigenvalue weighted by Crippen LogP contribution is 2.30. The van der Waals surface area contributed by atoms with E-state index in [0.717, 1.165) is 33.8 Å². The van der Waals surface area contributed by atoms with Crippen molar-refractivity contribution >= 4 is 11.6 Å². The highest BCUT2D eigenvalue weighted by molar-refractivity contribution is 5.76. The van der Waals surface area contributed by atoms with Gasteiger partial charge in [-0.3, -0.25) is 4.79 Å². The third-order valence-corrected chi connectivity index (χ3v) is 4.89. The van der Waals surface area contributed by atoms with Gasteiger partial charge < -0.3 is 20.7 Å². The maximum Gasteiger partial charge on any atom is 0.223 e. The quantitative estimate of drug-likeness (QED) is 0.624. The SMILES string of the molecule is NC(=O)Cc1c(Cc2ccccc2)ncn1Cc1cccc2c1NC(O)C2. The molecule has 6 heteroatoms. The highest BCUT2D eigenvalue weighted by atomic mass is 16.3. The highest BCUT2D eigenvalue weighted by Gasteiger charge is 2.22. The monoisotopic (exact) mass is 362 g/mol. The van der Waals surface area contributed by atoms with Crippen molar-refractivity contribution in [3.63, 3.8) is 0 Å². The second kappa shape index (κ2) is 7.25. The van der Waals surface area contributed by atoms with Gasteiger partial charge in [0.2, 0.25) is 5.91 Å². The largest absolute Gasteiger partial charge is 0.373 e. The Balaban J connectivity index is 1.65. The minimum Gasteiger partial charge on any atom is -0.373 e. The number of anilines is 1. The number of hydrogen-bond acceptors (Lipinski definition) is 4. The fraction of sp³-hybridized carbons (Fsp3) is 0.238. The molecule has 2 aromatic carbocycles. The van der Waals surface area contributed by atoms with Crippen molar-refractivity contribution in [1.82, 2.24) is 9.55 Å². The number of carbonyl (C=O) groups is 1. The van der Waals surface area contributed by atoms with E-state index in [2.05, 4.69) is 10.3 Å². The standard InChI is InChI=1S/C21H22N4O2/c22-19(26)11-18-17(9-14-5-2-1-3-6-14)23-13-25(18)12-16-8-4-7-15-10-20(27)24-21(15)16/h1-8,13,20,24,27H,9-12H2,(H2,22,26). The van der Waals surface area contributed by atoms with Crippen LogP contribution in [0, 0.1) is 0 Å². The van der Waals surface area contributed by atoms with E-state index in [9.17, 15) is 9.90 Å². The zero-order chi connectivity index (χ0) is 18.8. The van der Waals surface area contributed by atoms with Crippen molar-refractivity contribution in [3.05, 3.63) is 82.9 Å². The molecule has 4 N–H and O–H groups in total. The molecule has 138 valence electrons. The smallest absolute Gasteiger partial charge is 0.223 e. The molecule has 3 aromatic rings. The Labute approximate surface area is 157 Å². The summed E-state index contributed by atoms with van der Waals surface area (Å²) < 4.78 is 1.98. The van der Waals surface area contributed by atoms with Crippen molar-refractivity contribution in [2.75, 3.05) is 5.32 Å². The van der Waals surface area contributed by atoms with Crippen LogP contribution in [0.1, 0.15) is 28.1 Å². The molecule has 0 saturated carbocycles. The number of aliphatic hydroxyl groups is 1. The van der Waals surface area contributed by atoms with E-state index in [1.807, 2.05) is 53.1 Å². The van der Waals surface area contributed by atoms with Crippen LogP contribution >= 0.6 is 0 Å². The normalized spacial score (nSPS) is 15.4. The van der Waals surface area contributed by atoms with E-state index in [1.165, 1.54) is 0 Å². The van der Waals surface area contributed by atoms with Gasteiger partial charge in [0, 0.05) is 18.5 Å². The number of carbonyl (C=O) groups excluding carboxylic acids is 1. The first-order valence-corrected chi connectivity index (χ1v) is 9.00. The second-order valence-corrected chi connectivity index (χ2v) is 6.89. The van der Waals surface area contributed by atoms with Crippen LogP contribution in [-0.4, -0.2) is 26.8 Å². The number of rotatable bonds is 6. The Morgan fingerprint density at radius 2 is 2.04 bits per heavy atom. The zero-order valence-corrected chi connectivity index (χ0v) is 14.9.